The van der Waals surface area contributed by atoms with Crippen molar-refractivity contribution in [2.75, 3.05) is 31.1 Å². The van der Waals surface area contributed by atoms with Crippen LogP contribution in [0.4, 0.5) is 23.2 Å². The topological polar surface area (TPSA) is 57.3 Å². The number of nitrogens with zero attached hydrogens (tertiary/aromatic N) is 2. The predicted octanol–water partition coefficient (Wildman–Crippen LogP) is 2.90. The molecule has 2 N–H and O–H groups in total. The van der Waals surface area contributed by atoms with E-state index in [1.165, 1.54) is 12.3 Å². The highest BCUT2D eigenvalue weighted by molar-refractivity contribution is 5.94. The number of nitrogens with one attached hydrogen (secondary N) is 2. The second kappa shape index (κ2) is 7.78. The molecule has 29 heavy (non-hydrogen) atoms. The van der Waals surface area contributed by atoms with Crippen LogP contribution in [0, 0.1) is 5.92 Å². The van der Waals surface area contributed by atoms with Gasteiger partial charge in [0.2, 0.25) is 5.91 Å². The van der Waals surface area contributed by atoms with Gasteiger partial charge in [0.05, 0.1) is 17.1 Å². The predicted molar refractivity (Wildman–Crippen MR) is 101 cm³/mol. The summed E-state index contributed by atoms with van der Waals surface area (Å²) in [7, 11) is 0. The van der Waals surface area contributed by atoms with Gasteiger partial charge >= 0.3 is 6.18 Å². The maximum Gasteiger partial charge on any atom is 0.418 e. The van der Waals surface area contributed by atoms with E-state index in [1.807, 2.05) is 4.90 Å². The number of amides is 1. The highest BCUT2D eigenvalue weighted by atomic mass is 19.4. The molecule has 0 radical (unpaired) electrons. The van der Waals surface area contributed by atoms with Crippen molar-refractivity contribution in [1.82, 2.24) is 15.6 Å². The molecule has 156 valence electrons. The Hall–Kier alpha value is -2.42. The fourth-order valence-corrected chi connectivity index (χ4v) is 4.13. The summed E-state index contributed by atoms with van der Waals surface area (Å²) in [6.45, 7) is 1.75. The monoisotopic (exact) mass is 410 g/mol. The normalized spacial score (nSPS) is 23.5. The van der Waals surface area contributed by atoms with Crippen LogP contribution < -0.4 is 15.5 Å². The summed E-state index contributed by atoms with van der Waals surface area (Å²) in [5.74, 6) is -0.377. The molecule has 0 spiro atoms. The molecule has 1 unspecified atom stereocenters. The van der Waals surface area contributed by atoms with E-state index in [9.17, 15) is 22.4 Å². The molecule has 1 amide bonds. The van der Waals surface area contributed by atoms with Crippen LogP contribution in [0.1, 0.15) is 18.4 Å². The summed E-state index contributed by atoms with van der Waals surface area (Å²) in [4.78, 5) is 18.4. The van der Waals surface area contributed by atoms with Crippen molar-refractivity contribution in [3.63, 3.8) is 0 Å². The number of carbonyl (C=O) groups is 1. The lowest BCUT2D eigenvalue weighted by Gasteiger charge is -2.34. The highest BCUT2D eigenvalue weighted by Gasteiger charge is 2.35. The summed E-state index contributed by atoms with van der Waals surface area (Å²) >= 11 is 0. The van der Waals surface area contributed by atoms with E-state index >= 15 is 0 Å². The number of pyridine rings is 1. The minimum atomic E-state index is -4.47. The van der Waals surface area contributed by atoms with E-state index in [-0.39, 0.29) is 23.9 Å². The number of halogens is 4. The van der Waals surface area contributed by atoms with Crippen LogP contribution >= 0.6 is 0 Å². The molecule has 0 aliphatic carbocycles. The first-order valence-electron chi connectivity index (χ1n) is 9.69. The molecule has 2 aliphatic heterocycles. The van der Waals surface area contributed by atoms with Crippen LogP contribution in [0.15, 0.2) is 30.5 Å². The van der Waals surface area contributed by atoms with Gasteiger partial charge in [0.1, 0.15) is 6.17 Å². The molecule has 2 saturated heterocycles. The molecule has 1 aromatic heterocycles. The Bertz CT molecular complexity index is 896. The number of anilines is 1. The van der Waals surface area contributed by atoms with Crippen molar-refractivity contribution >= 4 is 22.5 Å². The zero-order chi connectivity index (χ0) is 20.6. The Labute approximate surface area is 165 Å². The Balaban J connectivity index is 1.47. The molecule has 2 atom stereocenters. The molecule has 4 rings (SSSR count). The maximum atomic E-state index is 13.7. The highest BCUT2D eigenvalue weighted by Crippen LogP contribution is 2.38. The first kappa shape index (κ1) is 19.9. The van der Waals surface area contributed by atoms with Gasteiger partial charge in [-0.2, -0.15) is 13.2 Å². The third-order valence-corrected chi connectivity index (χ3v) is 5.73. The summed E-state index contributed by atoms with van der Waals surface area (Å²) in [6, 6.07) is 5.31. The van der Waals surface area contributed by atoms with Gasteiger partial charge in [-0.3, -0.25) is 9.78 Å². The van der Waals surface area contributed by atoms with Crippen LogP contribution in [0.5, 0.6) is 0 Å². The smallest absolute Gasteiger partial charge is 0.371 e. The van der Waals surface area contributed by atoms with E-state index in [0.717, 1.165) is 6.07 Å². The first-order chi connectivity index (χ1) is 13.8. The minimum absolute atomic E-state index is 0.0694. The Morgan fingerprint density at radius 2 is 1.93 bits per heavy atom. The number of fused-ring (bicyclic) bond motifs is 1. The number of piperidine rings is 1. The summed E-state index contributed by atoms with van der Waals surface area (Å²) in [6.07, 6.45) is -3.07. The van der Waals surface area contributed by atoms with E-state index in [4.69, 9.17) is 0 Å². The standard InChI is InChI=1S/C20H22F4N4O/c21-15-10-25-11-16(15)27-19(29)12-5-8-28(9-6-12)17-4-3-14(20(22,23)24)18-13(17)2-1-7-26-18/h1-4,7,12,15-16,25H,5-6,8-11H2,(H,27,29)/t15?,16-/m1/s1. The van der Waals surface area contributed by atoms with Crippen molar-refractivity contribution in [3.8, 4) is 0 Å². The fraction of sp³-hybridized carbons (Fsp3) is 0.500. The summed E-state index contributed by atoms with van der Waals surface area (Å²) in [5, 5.41) is 6.13. The number of benzene rings is 1. The van der Waals surface area contributed by atoms with E-state index in [1.54, 1.807) is 12.1 Å². The lowest BCUT2D eigenvalue weighted by Crippen LogP contribution is -2.47. The molecular weight excluding hydrogens is 388 g/mol. The number of aromatic nitrogens is 1. The van der Waals surface area contributed by atoms with Gasteiger partial charge in [-0.25, -0.2) is 4.39 Å². The van der Waals surface area contributed by atoms with Gasteiger partial charge < -0.3 is 15.5 Å². The molecule has 0 bridgehead atoms. The van der Waals surface area contributed by atoms with Gasteiger partial charge in [0, 0.05) is 49.4 Å². The first-order valence-corrected chi connectivity index (χ1v) is 9.69. The third kappa shape index (κ3) is 4.01. The Morgan fingerprint density at radius 1 is 1.17 bits per heavy atom. The third-order valence-electron chi connectivity index (χ3n) is 5.73. The maximum absolute atomic E-state index is 13.7. The van der Waals surface area contributed by atoms with Crippen LogP contribution in [0.2, 0.25) is 0 Å². The Morgan fingerprint density at radius 3 is 2.59 bits per heavy atom. The van der Waals surface area contributed by atoms with Gasteiger partial charge in [-0.1, -0.05) is 0 Å². The molecule has 9 heteroatoms. The van der Waals surface area contributed by atoms with Crippen molar-refractivity contribution in [2.45, 2.75) is 31.2 Å². The molecule has 5 nitrogen and oxygen atoms in total. The summed E-state index contributed by atoms with van der Waals surface area (Å²) in [5.41, 5.74) is -0.138. The number of hydrogen-bond donors (Lipinski definition) is 2. The van der Waals surface area contributed by atoms with Crippen LogP contribution in [0.25, 0.3) is 10.9 Å². The number of hydrogen-bond acceptors (Lipinski definition) is 4. The largest absolute Gasteiger partial charge is 0.418 e. The molecule has 2 aliphatic rings. The molecule has 1 aromatic carbocycles. The average Bonchev–Trinajstić information content (AvgIpc) is 3.11. The SMILES string of the molecule is O=C(N[C@@H]1CNCC1F)C1CCN(c2ccc(C(F)(F)F)c3ncccc23)CC1. The summed E-state index contributed by atoms with van der Waals surface area (Å²) < 4.78 is 53.6. The van der Waals surface area contributed by atoms with Crippen LogP contribution in [0.3, 0.4) is 0 Å². The fourth-order valence-electron chi connectivity index (χ4n) is 4.13. The second-order valence-electron chi connectivity index (χ2n) is 7.58. The molecule has 0 saturated carbocycles. The number of rotatable bonds is 3. The average molecular weight is 410 g/mol. The van der Waals surface area contributed by atoms with Crippen molar-refractivity contribution in [2.24, 2.45) is 5.92 Å². The molecular formula is C20H22F4N4O. The number of alkyl halides is 4. The van der Waals surface area contributed by atoms with Gasteiger partial charge in [-0.05, 0) is 37.1 Å². The minimum Gasteiger partial charge on any atom is -0.371 e. The number of carbonyl (C=O) groups excluding carboxylic acids is 1. The zero-order valence-electron chi connectivity index (χ0n) is 15.7. The van der Waals surface area contributed by atoms with Crippen molar-refractivity contribution in [1.29, 1.82) is 0 Å². The van der Waals surface area contributed by atoms with Crippen LogP contribution in [-0.2, 0) is 11.0 Å². The lowest BCUT2D eigenvalue weighted by molar-refractivity contribution is -0.136. The van der Waals surface area contributed by atoms with Gasteiger partial charge in [0.15, 0.2) is 0 Å². The van der Waals surface area contributed by atoms with E-state index in [0.29, 0.717) is 43.5 Å². The molecule has 2 aromatic rings. The quantitative estimate of drug-likeness (QED) is 0.765. The van der Waals surface area contributed by atoms with Crippen molar-refractivity contribution < 1.29 is 22.4 Å². The van der Waals surface area contributed by atoms with Gasteiger partial charge in [-0.15, -0.1) is 0 Å². The lowest BCUT2D eigenvalue weighted by atomic mass is 9.94. The van der Waals surface area contributed by atoms with E-state index < -0.39 is 24.0 Å². The van der Waals surface area contributed by atoms with Crippen molar-refractivity contribution in [3.05, 3.63) is 36.0 Å². The van der Waals surface area contributed by atoms with E-state index in [2.05, 4.69) is 15.6 Å². The van der Waals surface area contributed by atoms with Crippen LogP contribution in [-0.4, -0.2) is 49.3 Å². The Kier molecular flexibility index (Phi) is 5.33. The second-order valence-corrected chi connectivity index (χ2v) is 7.58. The molecule has 3 heterocycles. The zero-order valence-corrected chi connectivity index (χ0v) is 15.7. The van der Waals surface area contributed by atoms with Gasteiger partial charge in [0.25, 0.3) is 0 Å². The molecule has 2 fully saturated rings.